The molecule has 2 aliphatic heterocycles. The zero-order valence-corrected chi connectivity index (χ0v) is 17.6. The van der Waals surface area contributed by atoms with Gasteiger partial charge in [0.15, 0.2) is 0 Å². The van der Waals surface area contributed by atoms with Crippen molar-refractivity contribution in [2.24, 2.45) is 0 Å². The van der Waals surface area contributed by atoms with E-state index >= 15 is 0 Å². The van der Waals surface area contributed by atoms with Gasteiger partial charge < -0.3 is 24.1 Å². The van der Waals surface area contributed by atoms with Crippen molar-refractivity contribution in [1.82, 2.24) is 9.88 Å². The quantitative estimate of drug-likeness (QED) is 0.561. The molecule has 1 aromatic heterocycles. The van der Waals surface area contributed by atoms with E-state index in [1.807, 2.05) is 6.07 Å². The van der Waals surface area contributed by atoms with Crippen LogP contribution in [0, 0.1) is 0 Å². The molecule has 0 saturated carbocycles. The van der Waals surface area contributed by atoms with Gasteiger partial charge >= 0.3 is 6.36 Å². The maximum Gasteiger partial charge on any atom is 0.573 e. The van der Waals surface area contributed by atoms with Crippen LogP contribution in [0.4, 0.5) is 13.2 Å². The van der Waals surface area contributed by atoms with Crippen LogP contribution >= 0.6 is 0 Å². The van der Waals surface area contributed by atoms with E-state index in [0.717, 1.165) is 51.1 Å². The highest BCUT2D eigenvalue weighted by atomic mass is 19.4. The minimum atomic E-state index is -4.73. The van der Waals surface area contributed by atoms with E-state index in [1.165, 1.54) is 45.9 Å². The van der Waals surface area contributed by atoms with Crippen LogP contribution in [0.5, 0.6) is 17.2 Å². The summed E-state index contributed by atoms with van der Waals surface area (Å²) in [6.45, 7) is 3.48. The van der Waals surface area contributed by atoms with Crippen molar-refractivity contribution >= 4 is 10.9 Å². The van der Waals surface area contributed by atoms with Crippen LogP contribution in [-0.4, -0.2) is 37.2 Å². The summed E-state index contributed by atoms with van der Waals surface area (Å²) in [6.07, 6.45) is -0.505. The molecular formula is C24H25F3N2O3. The highest BCUT2D eigenvalue weighted by molar-refractivity contribution is 5.94. The number of benzene rings is 2. The molecule has 0 atom stereocenters. The summed E-state index contributed by atoms with van der Waals surface area (Å²) in [7, 11) is 0. The van der Waals surface area contributed by atoms with Crippen molar-refractivity contribution in [3.8, 4) is 17.2 Å². The van der Waals surface area contributed by atoms with Crippen molar-refractivity contribution in [1.29, 1.82) is 0 Å². The summed E-state index contributed by atoms with van der Waals surface area (Å²) in [4.78, 5) is 0. The zero-order chi connectivity index (χ0) is 22.1. The SMILES string of the molecule is FC(F)(F)Oc1cccc(OCCOc2ccc3c4c2c2c(n4CCC3)CCNCC2)c1. The fourth-order valence-corrected chi connectivity index (χ4v) is 4.83. The van der Waals surface area contributed by atoms with Gasteiger partial charge in [-0.05, 0) is 55.1 Å². The van der Waals surface area contributed by atoms with Crippen LogP contribution in [0.3, 0.4) is 0 Å². The molecule has 0 radical (unpaired) electrons. The fourth-order valence-electron chi connectivity index (χ4n) is 4.83. The number of aryl methyl sites for hydroxylation is 2. The number of alkyl halides is 3. The molecule has 170 valence electrons. The smallest absolute Gasteiger partial charge is 0.490 e. The minimum Gasteiger partial charge on any atom is -0.490 e. The molecule has 5 rings (SSSR count). The van der Waals surface area contributed by atoms with Crippen LogP contribution in [0.15, 0.2) is 36.4 Å². The molecule has 8 heteroatoms. The van der Waals surface area contributed by atoms with Gasteiger partial charge in [-0.3, -0.25) is 0 Å². The van der Waals surface area contributed by atoms with E-state index < -0.39 is 6.36 Å². The molecule has 0 aliphatic carbocycles. The van der Waals surface area contributed by atoms with Crippen LogP contribution in [0.2, 0.25) is 0 Å². The third kappa shape index (κ3) is 4.24. The Balaban J connectivity index is 1.31. The Morgan fingerprint density at radius 2 is 1.75 bits per heavy atom. The second-order valence-electron chi connectivity index (χ2n) is 8.10. The molecule has 0 spiro atoms. The van der Waals surface area contributed by atoms with E-state index in [4.69, 9.17) is 9.47 Å². The molecule has 1 N–H and O–H groups in total. The molecule has 3 aromatic rings. The Labute approximate surface area is 184 Å². The summed E-state index contributed by atoms with van der Waals surface area (Å²) in [5.74, 6) is 0.844. The molecule has 0 fully saturated rings. The Hall–Kier alpha value is -2.87. The summed E-state index contributed by atoms with van der Waals surface area (Å²) >= 11 is 0. The number of fused-ring (bicyclic) bond motifs is 3. The lowest BCUT2D eigenvalue weighted by atomic mass is 10.0. The molecule has 5 nitrogen and oxygen atoms in total. The maximum atomic E-state index is 12.4. The van der Waals surface area contributed by atoms with Gasteiger partial charge in [0.25, 0.3) is 0 Å². The Morgan fingerprint density at radius 3 is 2.62 bits per heavy atom. The monoisotopic (exact) mass is 446 g/mol. The normalized spacial score (nSPS) is 15.8. The average molecular weight is 446 g/mol. The van der Waals surface area contributed by atoms with E-state index in [-0.39, 0.29) is 19.0 Å². The third-order valence-electron chi connectivity index (χ3n) is 6.04. The molecule has 3 heterocycles. The maximum absolute atomic E-state index is 12.4. The van der Waals surface area contributed by atoms with Crippen molar-refractivity contribution < 1.29 is 27.4 Å². The standard InChI is InChI=1S/C24H25F3N2O3/c25-24(26,27)32-18-5-1-4-17(15-18)30-13-14-31-21-7-6-16-3-2-12-29-20-9-11-28-10-8-19(20)22(21)23(16)29/h1,4-7,15,28H,2-3,8-14H2. The predicted octanol–water partition coefficient (Wildman–Crippen LogP) is 4.63. The number of nitrogens with one attached hydrogen (secondary N) is 1. The van der Waals surface area contributed by atoms with Gasteiger partial charge in [-0.2, -0.15) is 0 Å². The highest BCUT2D eigenvalue weighted by Gasteiger charge is 2.31. The first kappa shape index (κ1) is 21.0. The number of aromatic nitrogens is 1. The highest BCUT2D eigenvalue weighted by Crippen LogP contribution is 2.39. The van der Waals surface area contributed by atoms with Crippen molar-refractivity contribution in [3.05, 3.63) is 53.2 Å². The number of halogens is 3. The number of rotatable bonds is 6. The molecule has 0 unspecified atom stereocenters. The Morgan fingerprint density at radius 1 is 0.938 bits per heavy atom. The molecule has 2 aliphatic rings. The van der Waals surface area contributed by atoms with Crippen molar-refractivity contribution in [3.63, 3.8) is 0 Å². The van der Waals surface area contributed by atoms with E-state index in [0.29, 0.717) is 5.75 Å². The first-order valence-electron chi connectivity index (χ1n) is 11.0. The Bertz CT molecular complexity index is 1120. The van der Waals surface area contributed by atoms with Gasteiger partial charge in [-0.1, -0.05) is 12.1 Å². The van der Waals surface area contributed by atoms with Crippen LogP contribution < -0.4 is 19.5 Å². The lowest BCUT2D eigenvalue weighted by Crippen LogP contribution is -2.18. The van der Waals surface area contributed by atoms with Gasteiger partial charge in [-0.15, -0.1) is 13.2 Å². The van der Waals surface area contributed by atoms with Crippen LogP contribution in [-0.2, 0) is 25.8 Å². The van der Waals surface area contributed by atoms with E-state index in [2.05, 4.69) is 20.7 Å². The van der Waals surface area contributed by atoms with Gasteiger partial charge in [0.05, 0.1) is 5.52 Å². The van der Waals surface area contributed by atoms with Crippen molar-refractivity contribution in [2.45, 2.75) is 38.6 Å². The number of hydrogen-bond acceptors (Lipinski definition) is 4. The lowest BCUT2D eigenvalue weighted by molar-refractivity contribution is -0.274. The Kier molecular flexibility index (Phi) is 5.63. The third-order valence-corrected chi connectivity index (χ3v) is 6.04. The second kappa shape index (κ2) is 8.58. The lowest BCUT2D eigenvalue weighted by Gasteiger charge is -2.19. The first-order valence-corrected chi connectivity index (χ1v) is 11.0. The summed E-state index contributed by atoms with van der Waals surface area (Å²) in [5, 5.41) is 4.69. The van der Waals surface area contributed by atoms with Crippen molar-refractivity contribution in [2.75, 3.05) is 26.3 Å². The molecule has 32 heavy (non-hydrogen) atoms. The largest absolute Gasteiger partial charge is 0.573 e. The molecule has 0 bridgehead atoms. The minimum absolute atomic E-state index is 0.211. The van der Waals surface area contributed by atoms with E-state index in [1.54, 1.807) is 6.07 Å². The average Bonchev–Trinajstić information content (AvgIpc) is 2.91. The molecule has 0 amide bonds. The molecular weight excluding hydrogens is 421 g/mol. The number of nitrogens with zero attached hydrogens (tertiary/aromatic N) is 1. The number of ether oxygens (including phenoxy) is 3. The van der Waals surface area contributed by atoms with E-state index in [9.17, 15) is 13.2 Å². The predicted molar refractivity (Wildman–Crippen MR) is 115 cm³/mol. The van der Waals surface area contributed by atoms with Gasteiger partial charge in [0.1, 0.15) is 30.5 Å². The van der Waals surface area contributed by atoms with Gasteiger partial charge in [0.2, 0.25) is 0 Å². The van der Waals surface area contributed by atoms with Gasteiger partial charge in [0, 0.05) is 36.7 Å². The fraction of sp³-hybridized carbons (Fsp3) is 0.417. The summed E-state index contributed by atoms with van der Waals surface area (Å²) in [6, 6.07) is 9.72. The van der Waals surface area contributed by atoms with Gasteiger partial charge in [-0.25, -0.2) is 0 Å². The topological polar surface area (TPSA) is 44.7 Å². The second-order valence-corrected chi connectivity index (χ2v) is 8.10. The first-order chi connectivity index (χ1) is 15.5. The number of hydrogen-bond donors (Lipinski definition) is 1. The van der Waals surface area contributed by atoms with Crippen LogP contribution in [0.25, 0.3) is 10.9 Å². The van der Waals surface area contributed by atoms with Crippen LogP contribution in [0.1, 0.15) is 23.2 Å². The summed E-state index contributed by atoms with van der Waals surface area (Å²) in [5.41, 5.74) is 5.47. The zero-order valence-electron chi connectivity index (χ0n) is 17.6. The molecule has 2 aromatic carbocycles. The molecule has 0 saturated heterocycles. The summed E-state index contributed by atoms with van der Waals surface area (Å²) < 4.78 is 55.4.